The van der Waals surface area contributed by atoms with E-state index in [2.05, 4.69) is 5.32 Å². The van der Waals surface area contributed by atoms with E-state index < -0.39 is 21.8 Å². The first-order valence-corrected chi connectivity index (χ1v) is 17.3. The Morgan fingerprint density at radius 3 is 2.35 bits per heavy atom. The molecule has 244 valence electrons. The molecule has 6 rings (SSSR count). The van der Waals surface area contributed by atoms with E-state index in [1.54, 1.807) is 43.5 Å². The summed E-state index contributed by atoms with van der Waals surface area (Å²) < 4.78 is 42.3. The van der Waals surface area contributed by atoms with Gasteiger partial charge in [-0.2, -0.15) is 8.42 Å². The van der Waals surface area contributed by atoms with Crippen LogP contribution in [0.5, 0.6) is 5.75 Å². The molecular weight excluding hydrogens is 650 g/mol. The molecule has 6 aromatic rings. The average Bonchev–Trinajstić information content (AvgIpc) is 3.52. The summed E-state index contributed by atoms with van der Waals surface area (Å²) in [6, 6.07) is 33.6. The Bertz CT molecular complexity index is 2210. The molecule has 1 heterocycles. The van der Waals surface area contributed by atoms with E-state index in [9.17, 15) is 18.0 Å². The molecule has 1 atom stereocenters. The van der Waals surface area contributed by atoms with E-state index in [0.29, 0.717) is 28.5 Å². The number of benzene rings is 5. The minimum absolute atomic E-state index is 0.0120. The van der Waals surface area contributed by atoms with E-state index in [1.807, 2.05) is 72.8 Å². The molecule has 0 saturated heterocycles. The van der Waals surface area contributed by atoms with Crippen molar-refractivity contribution in [3.63, 3.8) is 0 Å². The third kappa shape index (κ3) is 7.77. The summed E-state index contributed by atoms with van der Waals surface area (Å²) in [5.41, 5.74) is 4.06. The number of Topliss-reactive ketones (excluding diaryl/α,β-unsaturated/α-hetero) is 1. The molecule has 1 aromatic heterocycles. The largest absolute Gasteiger partial charge is 0.497 e. The van der Waals surface area contributed by atoms with E-state index in [-0.39, 0.29) is 24.5 Å². The first-order valence-electron chi connectivity index (χ1n) is 15.3. The molecule has 1 unspecified atom stereocenters. The average molecular weight is 682 g/mol. The van der Waals surface area contributed by atoms with Crippen molar-refractivity contribution in [3.05, 3.63) is 131 Å². The van der Waals surface area contributed by atoms with Crippen molar-refractivity contribution in [2.75, 3.05) is 18.2 Å². The summed E-state index contributed by atoms with van der Waals surface area (Å²) in [7, 11) is -2.51. The van der Waals surface area contributed by atoms with Gasteiger partial charge in [-0.15, -0.1) is 0 Å². The number of carbonyl (C=O) groups excluding carboxylic acids is 2. The highest BCUT2D eigenvalue weighted by molar-refractivity contribution is 7.85. The second-order valence-corrected chi connectivity index (χ2v) is 13.6. The van der Waals surface area contributed by atoms with Gasteiger partial charge in [-0.05, 0) is 77.2 Å². The van der Waals surface area contributed by atoms with Crippen LogP contribution in [-0.4, -0.2) is 37.5 Å². The Morgan fingerprint density at radius 1 is 0.875 bits per heavy atom. The number of ketones is 1. The summed E-state index contributed by atoms with van der Waals surface area (Å²) in [4.78, 5) is 26.6. The van der Waals surface area contributed by atoms with Gasteiger partial charge >= 0.3 is 0 Å². The van der Waals surface area contributed by atoms with Gasteiger partial charge in [0.05, 0.1) is 29.5 Å². The highest BCUT2D eigenvalue weighted by Crippen LogP contribution is 2.34. The highest BCUT2D eigenvalue weighted by Gasteiger charge is 2.23. The molecule has 2 N–H and O–H groups in total. The normalized spacial score (nSPS) is 12.2. The molecule has 0 aliphatic rings. The maximum Gasteiger partial charge on any atom is 0.264 e. The van der Waals surface area contributed by atoms with Gasteiger partial charge in [-0.25, -0.2) is 0 Å². The summed E-state index contributed by atoms with van der Waals surface area (Å²) in [6.07, 6.45) is 0.346. The van der Waals surface area contributed by atoms with E-state index in [0.717, 1.165) is 44.2 Å². The molecule has 0 spiro atoms. The number of ether oxygens (including phenoxy) is 1. The molecule has 10 heteroatoms. The SMILES string of the molecule is COc1ccc2cc(C(Cc3ccc(C(=O)CCCS(=O)(=O)O)cc3)C(=O)Nc3ccc(-c4cc5ccccc5o4)cc3Cl)ccc2c1. The van der Waals surface area contributed by atoms with Gasteiger partial charge in [0.1, 0.15) is 17.1 Å². The summed E-state index contributed by atoms with van der Waals surface area (Å²) in [5.74, 6) is -0.172. The number of rotatable bonds is 12. The van der Waals surface area contributed by atoms with Crippen LogP contribution in [0.15, 0.2) is 114 Å². The molecule has 0 aliphatic carbocycles. The van der Waals surface area contributed by atoms with Crippen LogP contribution in [0, 0.1) is 0 Å². The monoisotopic (exact) mass is 681 g/mol. The molecule has 0 bridgehead atoms. The third-order valence-electron chi connectivity index (χ3n) is 8.25. The van der Waals surface area contributed by atoms with Crippen molar-refractivity contribution in [2.45, 2.75) is 25.2 Å². The predicted molar refractivity (Wildman–Crippen MR) is 189 cm³/mol. The number of anilines is 1. The Hall–Kier alpha value is -4.96. The molecule has 1 amide bonds. The van der Waals surface area contributed by atoms with Crippen LogP contribution in [0.1, 0.15) is 40.2 Å². The number of hydrogen-bond donors (Lipinski definition) is 2. The van der Waals surface area contributed by atoms with Crippen molar-refractivity contribution < 1.29 is 31.7 Å². The molecule has 8 nitrogen and oxygen atoms in total. The Morgan fingerprint density at radius 2 is 1.62 bits per heavy atom. The predicted octanol–water partition coefficient (Wildman–Crippen LogP) is 8.73. The number of nitrogens with one attached hydrogen (secondary N) is 1. The number of furan rings is 1. The number of carbonyl (C=O) groups is 2. The topological polar surface area (TPSA) is 123 Å². The van der Waals surface area contributed by atoms with Gasteiger partial charge in [0, 0.05) is 22.9 Å². The lowest BCUT2D eigenvalue weighted by Gasteiger charge is -2.19. The van der Waals surface area contributed by atoms with E-state index in [1.165, 1.54) is 0 Å². The summed E-state index contributed by atoms with van der Waals surface area (Å²) in [6.45, 7) is 0. The Balaban J connectivity index is 1.25. The minimum Gasteiger partial charge on any atom is -0.497 e. The maximum absolute atomic E-state index is 14.0. The van der Waals surface area contributed by atoms with Gasteiger partial charge in [0.15, 0.2) is 5.78 Å². The maximum atomic E-state index is 14.0. The lowest BCUT2D eigenvalue weighted by Crippen LogP contribution is -2.23. The smallest absolute Gasteiger partial charge is 0.264 e. The van der Waals surface area contributed by atoms with Crippen LogP contribution in [0.4, 0.5) is 5.69 Å². The van der Waals surface area contributed by atoms with Gasteiger partial charge in [-0.3, -0.25) is 14.1 Å². The highest BCUT2D eigenvalue weighted by atomic mass is 35.5. The first-order chi connectivity index (χ1) is 23.1. The minimum atomic E-state index is -4.13. The molecule has 5 aromatic carbocycles. The number of hydrogen-bond acceptors (Lipinski definition) is 6. The molecule has 0 fully saturated rings. The van der Waals surface area contributed by atoms with Crippen molar-refractivity contribution >= 4 is 60.8 Å². The zero-order chi connectivity index (χ0) is 33.8. The van der Waals surface area contributed by atoms with E-state index in [4.69, 9.17) is 25.3 Å². The fourth-order valence-corrected chi connectivity index (χ4v) is 6.42. The fraction of sp³-hybridized carbons (Fsp3) is 0.158. The first kappa shape index (κ1) is 33.0. The molecule has 48 heavy (non-hydrogen) atoms. The molecule has 0 aliphatic heterocycles. The number of halogens is 1. The fourth-order valence-electron chi connectivity index (χ4n) is 5.68. The second kappa shape index (κ2) is 14.0. The van der Waals surface area contributed by atoms with Gasteiger partial charge in [0.25, 0.3) is 10.1 Å². The third-order valence-corrected chi connectivity index (χ3v) is 9.37. The molecular formula is C38H32ClNO7S. The number of methoxy groups -OCH3 is 1. The van der Waals surface area contributed by atoms with Crippen LogP contribution in [0.25, 0.3) is 33.1 Å². The van der Waals surface area contributed by atoms with Gasteiger partial charge in [-0.1, -0.05) is 78.3 Å². The number of amides is 1. The van der Waals surface area contributed by atoms with Crippen LogP contribution < -0.4 is 10.1 Å². The van der Waals surface area contributed by atoms with Crippen molar-refractivity contribution in [1.29, 1.82) is 0 Å². The van der Waals surface area contributed by atoms with Gasteiger partial charge < -0.3 is 14.5 Å². The number of fused-ring (bicyclic) bond motifs is 2. The summed E-state index contributed by atoms with van der Waals surface area (Å²) >= 11 is 6.70. The van der Waals surface area contributed by atoms with Crippen molar-refractivity contribution in [1.82, 2.24) is 0 Å². The Labute approximate surface area is 283 Å². The van der Waals surface area contributed by atoms with Crippen LogP contribution in [0.3, 0.4) is 0 Å². The lowest BCUT2D eigenvalue weighted by molar-refractivity contribution is -0.117. The lowest BCUT2D eigenvalue weighted by atomic mass is 9.89. The second-order valence-electron chi connectivity index (χ2n) is 11.6. The van der Waals surface area contributed by atoms with Crippen LogP contribution in [0.2, 0.25) is 5.02 Å². The van der Waals surface area contributed by atoms with E-state index >= 15 is 0 Å². The van der Waals surface area contributed by atoms with Crippen LogP contribution in [-0.2, 0) is 21.3 Å². The van der Waals surface area contributed by atoms with Crippen molar-refractivity contribution in [2.24, 2.45) is 0 Å². The zero-order valence-corrected chi connectivity index (χ0v) is 27.6. The number of para-hydroxylation sites is 1. The standard InChI is InChI=1S/C38H32ClNO7S/c1-46-31-16-14-26-20-28(13-12-27(26)21-31)32(19-24-8-10-25(11-9-24)35(41)6-4-18-48(43,44)45)38(42)40-34-17-15-30(22-33(34)39)37-23-29-5-2-3-7-36(29)47-37/h2-3,5,7-17,20-23,32H,4,6,18-19H2,1H3,(H,40,42)(H,43,44,45). The molecule has 0 saturated carbocycles. The zero-order valence-electron chi connectivity index (χ0n) is 26.0. The van der Waals surface area contributed by atoms with Gasteiger partial charge in [0.2, 0.25) is 5.91 Å². The quantitative estimate of drug-likeness (QED) is 0.0978. The Kier molecular flexibility index (Phi) is 9.63. The van der Waals surface area contributed by atoms with Crippen LogP contribution >= 0.6 is 11.6 Å². The van der Waals surface area contributed by atoms with Crippen molar-refractivity contribution in [3.8, 4) is 17.1 Å². The molecule has 0 radical (unpaired) electrons. The summed E-state index contributed by atoms with van der Waals surface area (Å²) in [5, 5.41) is 6.28.